The number of carbonyl (C=O) groups excluding carboxylic acids is 2. The van der Waals surface area contributed by atoms with Gasteiger partial charge in [0.15, 0.2) is 6.29 Å². The first kappa shape index (κ1) is 18.3. The lowest BCUT2D eigenvalue weighted by atomic mass is 9.72. The van der Waals surface area contributed by atoms with Crippen LogP contribution in [0, 0.1) is 12.8 Å². The highest BCUT2D eigenvalue weighted by molar-refractivity contribution is 6.10. The van der Waals surface area contributed by atoms with Gasteiger partial charge in [-0.3, -0.25) is 9.59 Å². The number of hydrogen-bond acceptors (Lipinski definition) is 4. The molecule has 1 aliphatic carbocycles. The van der Waals surface area contributed by atoms with E-state index in [-0.39, 0.29) is 23.8 Å². The van der Waals surface area contributed by atoms with Crippen LogP contribution in [0.2, 0.25) is 0 Å². The maximum atomic E-state index is 12.9. The van der Waals surface area contributed by atoms with Crippen LogP contribution in [0.3, 0.4) is 0 Å². The smallest absolute Gasteiger partial charge is 0.158 e. The summed E-state index contributed by atoms with van der Waals surface area (Å²) in [6.45, 7) is 7.46. The minimum absolute atomic E-state index is 0.0416. The van der Waals surface area contributed by atoms with E-state index in [0.717, 1.165) is 29.5 Å². The molecule has 0 unspecified atom stereocenters. The lowest BCUT2D eigenvalue weighted by Gasteiger charge is -2.30. The third-order valence-corrected chi connectivity index (χ3v) is 5.39. The Morgan fingerprint density at radius 2 is 1.48 bits per heavy atom. The fourth-order valence-corrected chi connectivity index (χ4v) is 4.27. The minimum Gasteiger partial charge on any atom is -0.350 e. The van der Waals surface area contributed by atoms with E-state index in [1.807, 2.05) is 0 Å². The van der Waals surface area contributed by atoms with Crippen LogP contribution in [0.4, 0.5) is 0 Å². The van der Waals surface area contributed by atoms with Crippen molar-refractivity contribution in [2.75, 3.05) is 13.2 Å². The number of hydrogen-bond donors (Lipinski definition) is 0. The molecule has 2 aliphatic rings. The SMILES string of the molecule is CCc1cc(C)cc(CC)c1C1C(=O)CC(CC2OCCO2)CC1=O. The van der Waals surface area contributed by atoms with Crippen molar-refractivity contribution in [2.45, 2.75) is 65.1 Å². The van der Waals surface area contributed by atoms with Crippen molar-refractivity contribution in [1.29, 1.82) is 0 Å². The van der Waals surface area contributed by atoms with Crippen molar-refractivity contribution in [2.24, 2.45) is 5.92 Å². The second-order valence-electron chi connectivity index (χ2n) is 7.25. The Balaban J connectivity index is 1.84. The molecule has 0 aromatic heterocycles. The van der Waals surface area contributed by atoms with Crippen molar-refractivity contribution in [3.8, 4) is 0 Å². The van der Waals surface area contributed by atoms with Crippen LogP contribution >= 0.6 is 0 Å². The van der Waals surface area contributed by atoms with Gasteiger partial charge in [-0.1, -0.05) is 31.5 Å². The number of carbonyl (C=O) groups is 2. The first-order valence-corrected chi connectivity index (χ1v) is 9.44. The summed E-state index contributed by atoms with van der Waals surface area (Å²) in [5.74, 6) is -0.410. The molecule has 1 saturated heterocycles. The zero-order valence-electron chi connectivity index (χ0n) is 15.5. The summed E-state index contributed by atoms with van der Waals surface area (Å²) in [5, 5.41) is 0. The van der Waals surface area contributed by atoms with Crippen molar-refractivity contribution in [3.05, 3.63) is 34.4 Å². The topological polar surface area (TPSA) is 52.6 Å². The largest absolute Gasteiger partial charge is 0.350 e. The predicted octanol–water partition coefficient (Wildman–Crippen LogP) is 3.51. The molecule has 1 saturated carbocycles. The Kier molecular flexibility index (Phi) is 5.70. The van der Waals surface area contributed by atoms with Gasteiger partial charge < -0.3 is 9.47 Å². The van der Waals surface area contributed by atoms with E-state index >= 15 is 0 Å². The quantitative estimate of drug-likeness (QED) is 0.767. The van der Waals surface area contributed by atoms with Crippen molar-refractivity contribution >= 4 is 11.6 Å². The van der Waals surface area contributed by atoms with E-state index < -0.39 is 5.92 Å². The second kappa shape index (κ2) is 7.79. The van der Waals surface area contributed by atoms with E-state index in [1.54, 1.807) is 0 Å². The summed E-state index contributed by atoms with van der Waals surface area (Å²) in [6.07, 6.45) is 2.96. The van der Waals surface area contributed by atoms with Crippen molar-refractivity contribution in [1.82, 2.24) is 0 Å². The second-order valence-corrected chi connectivity index (χ2v) is 7.25. The van der Waals surface area contributed by atoms with Gasteiger partial charge in [0.1, 0.15) is 17.5 Å². The highest BCUT2D eigenvalue weighted by Gasteiger charge is 2.39. The van der Waals surface area contributed by atoms with Crippen LogP contribution in [0.15, 0.2) is 12.1 Å². The predicted molar refractivity (Wildman–Crippen MR) is 95.7 cm³/mol. The van der Waals surface area contributed by atoms with E-state index in [2.05, 4.69) is 32.9 Å². The van der Waals surface area contributed by atoms with E-state index in [1.165, 1.54) is 5.56 Å². The summed E-state index contributed by atoms with van der Waals surface area (Å²) < 4.78 is 11.0. The Labute approximate surface area is 149 Å². The van der Waals surface area contributed by atoms with E-state index in [0.29, 0.717) is 32.5 Å². The molecule has 0 bridgehead atoms. The minimum atomic E-state index is -0.577. The molecule has 1 aromatic rings. The molecule has 1 aromatic carbocycles. The summed E-state index contributed by atoms with van der Waals surface area (Å²) in [7, 11) is 0. The number of ether oxygens (including phenoxy) is 2. The molecule has 0 atom stereocenters. The normalized spacial score (nSPS) is 24.9. The van der Waals surface area contributed by atoms with Gasteiger partial charge in [0, 0.05) is 19.3 Å². The summed E-state index contributed by atoms with van der Waals surface area (Å²) in [6, 6.07) is 4.25. The Bertz CT molecular complexity index is 615. The van der Waals surface area contributed by atoms with Gasteiger partial charge in [-0.2, -0.15) is 0 Å². The van der Waals surface area contributed by atoms with Crippen molar-refractivity contribution in [3.63, 3.8) is 0 Å². The van der Waals surface area contributed by atoms with Crippen LogP contribution in [0.25, 0.3) is 0 Å². The molecule has 4 heteroatoms. The fourth-order valence-electron chi connectivity index (χ4n) is 4.27. The number of ketones is 2. The number of aryl methyl sites for hydroxylation is 3. The van der Waals surface area contributed by atoms with Gasteiger partial charge in [-0.15, -0.1) is 0 Å². The Hall–Kier alpha value is -1.52. The molecule has 25 heavy (non-hydrogen) atoms. The van der Waals surface area contributed by atoms with E-state index in [4.69, 9.17) is 9.47 Å². The zero-order chi connectivity index (χ0) is 18.0. The van der Waals surface area contributed by atoms with Gasteiger partial charge >= 0.3 is 0 Å². The first-order valence-electron chi connectivity index (χ1n) is 9.44. The average molecular weight is 344 g/mol. The third kappa shape index (κ3) is 3.85. The molecule has 136 valence electrons. The van der Waals surface area contributed by atoms with E-state index in [9.17, 15) is 9.59 Å². The van der Waals surface area contributed by atoms with Crippen molar-refractivity contribution < 1.29 is 19.1 Å². The average Bonchev–Trinajstić information content (AvgIpc) is 3.07. The van der Waals surface area contributed by atoms with Crippen LogP contribution in [0.1, 0.15) is 61.3 Å². The van der Waals surface area contributed by atoms with Gasteiger partial charge in [0.05, 0.1) is 13.2 Å². The summed E-state index contributed by atoms with van der Waals surface area (Å²) in [5.41, 5.74) is 4.47. The number of rotatable bonds is 5. The third-order valence-electron chi connectivity index (χ3n) is 5.39. The summed E-state index contributed by atoms with van der Waals surface area (Å²) >= 11 is 0. The molecule has 1 heterocycles. The Morgan fingerprint density at radius 3 is 1.96 bits per heavy atom. The molecule has 0 amide bonds. The molecule has 2 fully saturated rings. The molecule has 4 nitrogen and oxygen atoms in total. The van der Waals surface area contributed by atoms with Gasteiger partial charge in [-0.05, 0) is 42.4 Å². The maximum absolute atomic E-state index is 12.9. The molecular formula is C21H28O4. The monoisotopic (exact) mass is 344 g/mol. The van der Waals surface area contributed by atoms with Crippen LogP contribution in [-0.2, 0) is 31.9 Å². The van der Waals surface area contributed by atoms with Crippen LogP contribution in [0.5, 0.6) is 0 Å². The zero-order valence-corrected chi connectivity index (χ0v) is 15.5. The first-order chi connectivity index (χ1) is 12.0. The number of Topliss-reactive ketones (excluding diaryl/α,β-unsaturated/α-hetero) is 2. The van der Waals surface area contributed by atoms with Gasteiger partial charge in [0.2, 0.25) is 0 Å². The molecular weight excluding hydrogens is 316 g/mol. The van der Waals surface area contributed by atoms with Gasteiger partial charge in [-0.25, -0.2) is 0 Å². The number of benzene rings is 1. The van der Waals surface area contributed by atoms with Crippen LogP contribution < -0.4 is 0 Å². The lowest BCUT2D eigenvalue weighted by Crippen LogP contribution is -2.34. The lowest BCUT2D eigenvalue weighted by molar-refractivity contribution is -0.135. The van der Waals surface area contributed by atoms with Crippen LogP contribution in [-0.4, -0.2) is 31.1 Å². The molecule has 0 spiro atoms. The molecule has 3 rings (SSSR count). The highest BCUT2D eigenvalue weighted by atomic mass is 16.7. The summed E-state index contributed by atoms with van der Waals surface area (Å²) in [4.78, 5) is 25.8. The standard InChI is InChI=1S/C21H28O4/c1-4-15-8-13(3)9-16(5-2)20(15)21-17(22)10-14(11-18(21)23)12-19-24-6-7-25-19/h8-9,14,19,21H,4-7,10-12H2,1-3H3. The fraction of sp³-hybridized carbons (Fsp3) is 0.619. The Morgan fingerprint density at radius 1 is 0.960 bits per heavy atom. The van der Waals surface area contributed by atoms with Gasteiger partial charge in [0.25, 0.3) is 0 Å². The molecule has 1 aliphatic heterocycles. The highest BCUT2D eigenvalue weighted by Crippen LogP contribution is 2.37. The maximum Gasteiger partial charge on any atom is 0.158 e. The molecule has 0 radical (unpaired) electrons. The molecule has 0 N–H and O–H groups in total.